The molecule has 1 aromatic rings. The molecule has 0 unspecified atom stereocenters. The van der Waals surface area contributed by atoms with Crippen molar-refractivity contribution in [3.8, 4) is 5.75 Å². The number of carbonyl (C=O) groups is 2. The maximum absolute atomic E-state index is 12.0. The highest BCUT2D eigenvalue weighted by Gasteiger charge is 2.15. The molecule has 0 N–H and O–H groups in total. The van der Waals surface area contributed by atoms with E-state index in [2.05, 4.69) is 13.2 Å². The second kappa shape index (κ2) is 8.35. The lowest BCUT2D eigenvalue weighted by molar-refractivity contribution is -0.384. The van der Waals surface area contributed by atoms with E-state index in [4.69, 9.17) is 4.74 Å². The molecule has 22 heavy (non-hydrogen) atoms. The minimum Gasteiger partial charge on any atom is -0.483 e. The second-order valence-electron chi connectivity index (χ2n) is 4.26. The van der Waals surface area contributed by atoms with Gasteiger partial charge >= 0.3 is 0 Å². The van der Waals surface area contributed by atoms with Gasteiger partial charge in [0.1, 0.15) is 5.75 Å². The fraction of sp³-hybridized carbons (Fsp3) is 0.200. The third-order valence-corrected chi connectivity index (χ3v) is 2.73. The monoisotopic (exact) mass is 304 g/mol. The fourth-order valence-corrected chi connectivity index (χ4v) is 1.69. The molecule has 0 aliphatic heterocycles. The molecule has 7 nitrogen and oxygen atoms in total. The standard InChI is InChI=1S/C15H16N2O5/c1-3-7-16(8-4-2)15(19)11-22-14-6-5-13(17(20)21)9-12(14)10-18/h3-6,9-10H,1-2,7-8,11H2. The summed E-state index contributed by atoms with van der Waals surface area (Å²) in [5.74, 6) is -0.193. The van der Waals surface area contributed by atoms with Crippen LogP contribution in [0.2, 0.25) is 0 Å². The van der Waals surface area contributed by atoms with Crippen LogP contribution in [0.1, 0.15) is 10.4 Å². The maximum Gasteiger partial charge on any atom is 0.270 e. The number of non-ortho nitro benzene ring substituents is 1. The van der Waals surface area contributed by atoms with Crippen LogP contribution < -0.4 is 4.74 Å². The Balaban J connectivity index is 2.80. The smallest absolute Gasteiger partial charge is 0.270 e. The van der Waals surface area contributed by atoms with Gasteiger partial charge in [-0.05, 0) is 6.07 Å². The Morgan fingerprint density at radius 2 is 1.95 bits per heavy atom. The van der Waals surface area contributed by atoms with Gasteiger partial charge in [0.05, 0.1) is 10.5 Å². The third kappa shape index (κ3) is 4.55. The zero-order valence-corrected chi connectivity index (χ0v) is 11.9. The fourth-order valence-electron chi connectivity index (χ4n) is 1.69. The molecule has 0 saturated heterocycles. The Labute approximate surface area is 127 Å². The molecule has 116 valence electrons. The van der Waals surface area contributed by atoms with Crippen LogP contribution in [-0.2, 0) is 4.79 Å². The summed E-state index contributed by atoms with van der Waals surface area (Å²) in [6.07, 6.45) is 3.59. The van der Waals surface area contributed by atoms with Gasteiger partial charge < -0.3 is 9.64 Å². The molecule has 0 fully saturated rings. The number of carbonyl (C=O) groups excluding carboxylic acids is 2. The molecule has 1 aromatic carbocycles. The number of rotatable bonds is 9. The van der Waals surface area contributed by atoms with Crippen molar-refractivity contribution < 1.29 is 19.2 Å². The molecular weight excluding hydrogens is 288 g/mol. The SMILES string of the molecule is C=CCN(CC=C)C(=O)COc1ccc([N+](=O)[O-])cc1C=O. The average molecular weight is 304 g/mol. The summed E-state index contributed by atoms with van der Waals surface area (Å²) < 4.78 is 5.28. The van der Waals surface area contributed by atoms with Gasteiger partial charge in [-0.3, -0.25) is 19.7 Å². The first-order chi connectivity index (χ1) is 10.5. The van der Waals surface area contributed by atoms with Crippen molar-refractivity contribution in [2.75, 3.05) is 19.7 Å². The number of nitro groups is 1. The molecule has 0 saturated carbocycles. The summed E-state index contributed by atoms with van der Waals surface area (Å²) in [5.41, 5.74) is -0.207. The Hall–Kier alpha value is -2.96. The number of hydrogen-bond donors (Lipinski definition) is 0. The Morgan fingerprint density at radius 3 is 2.45 bits per heavy atom. The van der Waals surface area contributed by atoms with Crippen molar-refractivity contribution in [1.82, 2.24) is 4.90 Å². The van der Waals surface area contributed by atoms with E-state index in [1.54, 1.807) is 12.2 Å². The summed E-state index contributed by atoms with van der Waals surface area (Å²) in [6.45, 7) is 7.51. The van der Waals surface area contributed by atoms with Crippen LogP contribution in [0.5, 0.6) is 5.75 Å². The topological polar surface area (TPSA) is 89.8 Å². The van der Waals surface area contributed by atoms with E-state index in [0.717, 1.165) is 6.07 Å². The summed E-state index contributed by atoms with van der Waals surface area (Å²) in [7, 11) is 0. The molecule has 1 amide bonds. The lowest BCUT2D eigenvalue weighted by Gasteiger charge is -2.19. The van der Waals surface area contributed by atoms with E-state index >= 15 is 0 Å². The van der Waals surface area contributed by atoms with E-state index in [9.17, 15) is 19.7 Å². The summed E-state index contributed by atoms with van der Waals surface area (Å²) in [6, 6.07) is 3.59. The van der Waals surface area contributed by atoms with Gasteiger partial charge in [-0.25, -0.2) is 0 Å². The van der Waals surface area contributed by atoms with Crippen molar-refractivity contribution in [3.05, 3.63) is 59.2 Å². The first kappa shape index (κ1) is 17.1. The zero-order valence-electron chi connectivity index (χ0n) is 11.9. The van der Waals surface area contributed by atoms with Crippen molar-refractivity contribution in [3.63, 3.8) is 0 Å². The lowest BCUT2D eigenvalue weighted by Crippen LogP contribution is -2.35. The van der Waals surface area contributed by atoms with E-state index in [1.165, 1.54) is 17.0 Å². The first-order valence-electron chi connectivity index (χ1n) is 6.39. The molecule has 0 radical (unpaired) electrons. The van der Waals surface area contributed by atoms with Crippen LogP contribution in [-0.4, -0.2) is 41.7 Å². The van der Waals surface area contributed by atoms with Crippen LogP contribution in [0, 0.1) is 10.1 Å². The number of aldehydes is 1. The predicted octanol–water partition coefficient (Wildman–Crippen LogP) is 1.99. The van der Waals surface area contributed by atoms with E-state index in [-0.39, 0.29) is 29.5 Å². The molecule has 0 atom stereocenters. The van der Waals surface area contributed by atoms with Gasteiger partial charge in [0.2, 0.25) is 0 Å². The minimum atomic E-state index is -0.613. The molecule has 0 aliphatic carbocycles. The zero-order chi connectivity index (χ0) is 16.5. The molecule has 0 bridgehead atoms. The van der Waals surface area contributed by atoms with Gasteiger partial charge in [0, 0.05) is 25.2 Å². The van der Waals surface area contributed by atoms with Crippen LogP contribution >= 0.6 is 0 Å². The van der Waals surface area contributed by atoms with Gasteiger partial charge in [0.15, 0.2) is 12.9 Å². The van der Waals surface area contributed by atoms with Crippen LogP contribution in [0.15, 0.2) is 43.5 Å². The highest BCUT2D eigenvalue weighted by molar-refractivity contribution is 5.82. The largest absolute Gasteiger partial charge is 0.483 e. The second-order valence-corrected chi connectivity index (χ2v) is 4.26. The number of nitrogens with zero attached hydrogens (tertiary/aromatic N) is 2. The number of hydrogen-bond acceptors (Lipinski definition) is 5. The minimum absolute atomic E-state index is 0.0148. The van der Waals surface area contributed by atoms with Crippen LogP contribution in [0.25, 0.3) is 0 Å². The first-order valence-corrected chi connectivity index (χ1v) is 6.39. The molecular formula is C15H16N2O5. The van der Waals surface area contributed by atoms with Crippen LogP contribution in [0.3, 0.4) is 0 Å². The number of ether oxygens (including phenoxy) is 1. The highest BCUT2D eigenvalue weighted by Crippen LogP contribution is 2.22. The van der Waals surface area contributed by atoms with E-state index < -0.39 is 4.92 Å². The third-order valence-electron chi connectivity index (χ3n) is 2.73. The Bertz CT molecular complexity index is 588. The highest BCUT2D eigenvalue weighted by atomic mass is 16.6. The van der Waals surface area contributed by atoms with E-state index in [0.29, 0.717) is 19.4 Å². The van der Waals surface area contributed by atoms with Crippen LogP contribution in [0.4, 0.5) is 5.69 Å². The average Bonchev–Trinajstić information content (AvgIpc) is 2.52. The van der Waals surface area contributed by atoms with Gasteiger partial charge in [-0.1, -0.05) is 12.2 Å². The normalized spacial score (nSPS) is 9.64. The quantitative estimate of drug-likeness (QED) is 0.301. The molecule has 7 heteroatoms. The summed E-state index contributed by atoms with van der Waals surface area (Å²) >= 11 is 0. The summed E-state index contributed by atoms with van der Waals surface area (Å²) in [5, 5.41) is 10.6. The van der Waals surface area contributed by atoms with Crippen molar-refractivity contribution in [2.45, 2.75) is 0 Å². The van der Waals surface area contributed by atoms with Crippen molar-refractivity contribution in [1.29, 1.82) is 0 Å². The van der Waals surface area contributed by atoms with Gasteiger partial charge in [-0.2, -0.15) is 0 Å². The Morgan fingerprint density at radius 1 is 1.32 bits per heavy atom. The van der Waals surface area contributed by atoms with Crippen molar-refractivity contribution >= 4 is 17.9 Å². The molecule has 0 heterocycles. The van der Waals surface area contributed by atoms with E-state index in [1.807, 2.05) is 0 Å². The Kier molecular flexibility index (Phi) is 6.49. The summed E-state index contributed by atoms with van der Waals surface area (Å²) in [4.78, 5) is 34.4. The molecule has 0 aromatic heterocycles. The lowest BCUT2D eigenvalue weighted by atomic mass is 10.2. The molecule has 0 aliphatic rings. The molecule has 0 spiro atoms. The maximum atomic E-state index is 12.0. The number of nitro benzene ring substituents is 1. The number of amides is 1. The van der Waals surface area contributed by atoms with Crippen molar-refractivity contribution in [2.24, 2.45) is 0 Å². The van der Waals surface area contributed by atoms with Gasteiger partial charge in [-0.15, -0.1) is 13.2 Å². The van der Waals surface area contributed by atoms with Gasteiger partial charge in [0.25, 0.3) is 11.6 Å². The predicted molar refractivity (Wildman–Crippen MR) is 81.0 cm³/mol. The molecule has 1 rings (SSSR count). The number of benzene rings is 1.